The van der Waals surface area contributed by atoms with E-state index < -0.39 is 6.10 Å². The molecule has 0 aliphatic carbocycles. The number of aliphatic hydroxyl groups is 1. The Hall–Kier alpha value is -2.05. The topological polar surface area (TPSA) is 68.5 Å². The van der Waals surface area contributed by atoms with Crippen LogP contribution >= 0.6 is 0 Å². The van der Waals surface area contributed by atoms with Crippen molar-refractivity contribution in [1.29, 1.82) is 0 Å². The van der Waals surface area contributed by atoms with E-state index in [9.17, 15) is 5.11 Å². The van der Waals surface area contributed by atoms with Crippen molar-refractivity contribution in [2.75, 3.05) is 20.3 Å². The molecule has 0 amide bonds. The van der Waals surface area contributed by atoms with Crippen LogP contribution in [-0.4, -0.2) is 41.3 Å². The quantitative estimate of drug-likeness (QED) is 0.773. The zero-order chi connectivity index (χ0) is 16.8. The lowest BCUT2D eigenvalue weighted by Crippen LogP contribution is -2.31. The Morgan fingerprint density at radius 2 is 2.13 bits per heavy atom. The SMILES string of the molecule is COc1c(CNC[C@@H](O)COc2cccc(C)c2)c(C)nn1C. The van der Waals surface area contributed by atoms with Crippen molar-refractivity contribution in [3.63, 3.8) is 0 Å². The van der Waals surface area contributed by atoms with Crippen LogP contribution in [0, 0.1) is 13.8 Å². The van der Waals surface area contributed by atoms with Gasteiger partial charge in [-0.25, -0.2) is 4.68 Å². The van der Waals surface area contributed by atoms with Crippen molar-refractivity contribution in [2.24, 2.45) is 7.05 Å². The molecule has 2 aromatic rings. The van der Waals surface area contributed by atoms with Gasteiger partial charge in [-0.05, 0) is 31.5 Å². The Morgan fingerprint density at radius 3 is 2.83 bits per heavy atom. The van der Waals surface area contributed by atoms with Gasteiger partial charge in [0.25, 0.3) is 0 Å². The predicted molar refractivity (Wildman–Crippen MR) is 88.9 cm³/mol. The molecule has 0 saturated carbocycles. The van der Waals surface area contributed by atoms with Gasteiger partial charge >= 0.3 is 0 Å². The molecule has 0 fully saturated rings. The van der Waals surface area contributed by atoms with Gasteiger partial charge in [0.2, 0.25) is 5.88 Å². The molecular weight excluding hydrogens is 294 g/mol. The third-order valence-electron chi connectivity index (χ3n) is 3.60. The maximum Gasteiger partial charge on any atom is 0.216 e. The second kappa shape index (κ2) is 7.99. The molecule has 126 valence electrons. The first kappa shape index (κ1) is 17.3. The number of aryl methyl sites for hydroxylation is 3. The van der Waals surface area contributed by atoms with E-state index in [0.29, 0.717) is 13.1 Å². The number of nitrogens with one attached hydrogen (secondary N) is 1. The zero-order valence-corrected chi connectivity index (χ0v) is 14.2. The summed E-state index contributed by atoms with van der Waals surface area (Å²) in [7, 11) is 3.48. The Bertz CT molecular complexity index is 640. The Kier molecular flexibility index (Phi) is 6.01. The second-order valence-electron chi connectivity index (χ2n) is 5.61. The molecule has 1 aromatic heterocycles. The van der Waals surface area contributed by atoms with Crippen LogP contribution < -0.4 is 14.8 Å². The van der Waals surface area contributed by atoms with E-state index in [1.807, 2.05) is 45.2 Å². The Labute approximate surface area is 137 Å². The molecule has 2 rings (SSSR count). The summed E-state index contributed by atoms with van der Waals surface area (Å²) < 4.78 is 12.6. The number of rotatable bonds is 8. The van der Waals surface area contributed by atoms with Gasteiger partial charge in [-0.1, -0.05) is 12.1 Å². The molecule has 0 aliphatic heterocycles. The summed E-state index contributed by atoms with van der Waals surface area (Å²) in [4.78, 5) is 0. The van der Waals surface area contributed by atoms with E-state index in [1.165, 1.54) is 0 Å². The van der Waals surface area contributed by atoms with E-state index in [-0.39, 0.29) is 6.61 Å². The largest absolute Gasteiger partial charge is 0.491 e. The van der Waals surface area contributed by atoms with Crippen molar-refractivity contribution in [2.45, 2.75) is 26.5 Å². The van der Waals surface area contributed by atoms with Gasteiger partial charge < -0.3 is 19.9 Å². The minimum Gasteiger partial charge on any atom is -0.491 e. The predicted octanol–water partition coefficient (Wildman–Crippen LogP) is 1.58. The van der Waals surface area contributed by atoms with E-state index >= 15 is 0 Å². The van der Waals surface area contributed by atoms with Gasteiger partial charge in [0.1, 0.15) is 18.5 Å². The molecule has 0 aliphatic rings. The van der Waals surface area contributed by atoms with Gasteiger partial charge in [-0.3, -0.25) is 0 Å². The average molecular weight is 319 g/mol. The summed E-state index contributed by atoms with van der Waals surface area (Å²) in [5.74, 6) is 1.51. The summed E-state index contributed by atoms with van der Waals surface area (Å²) in [6.45, 7) is 5.22. The number of aromatic nitrogens is 2. The molecule has 1 atom stereocenters. The lowest BCUT2D eigenvalue weighted by molar-refractivity contribution is 0.106. The molecule has 1 heterocycles. The van der Waals surface area contributed by atoms with Crippen molar-refractivity contribution in [1.82, 2.24) is 15.1 Å². The normalized spacial score (nSPS) is 12.2. The molecular formula is C17H25N3O3. The van der Waals surface area contributed by atoms with Crippen LogP contribution in [0.3, 0.4) is 0 Å². The average Bonchev–Trinajstić information content (AvgIpc) is 2.79. The smallest absolute Gasteiger partial charge is 0.216 e. The lowest BCUT2D eigenvalue weighted by Gasteiger charge is -2.14. The molecule has 2 N–H and O–H groups in total. The van der Waals surface area contributed by atoms with Crippen LogP contribution in [-0.2, 0) is 13.6 Å². The number of ether oxygens (including phenoxy) is 2. The Balaban J connectivity index is 1.78. The van der Waals surface area contributed by atoms with Crippen LogP contribution in [0.1, 0.15) is 16.8 Å². The fourth-order valence-corrected chi connectivity index (χ4v) is 2.46. The fourth-order valence-electron chi connectivity index (χ4n) is 2.46. The zero-order valence-electron chi connectivity index (χ0n) is 14.2. The molecule has 1 aromatic carbocycles. The summed E-state index contributed by atoms with van der Waals surface area (Å²) in [5.41, 5.74) is 3.05. The van der Waals surface area contributed by atoms with Gasteiger partial charge in [0, 0.05) is 20.1 Å². The highest BCUT2D eigenvalue weighted by Crippen LogP contribution is 2.20. The first-order chi connectivity index (χ1) is 11.0. The van der Waals surface area contributed by atoms with Crippen molar-refractivity contribution >= 4 is 0 Å². The maximum absolute atomic E-state index is 10.0. The van der Waals surface area contributed by atoms with E-state index in [1.54, 1.807) is 11.8 Å². The van der Waals surface area contributed by atoms with Gasteiger partial charge in [0.05, 0.1) is 18.4 Å². The van der Waals surface area contributed by atoms with Crippen LogP contribution in [0.5, 0.6) is 11.6 Å². The third-order valence-corrected chi connectivity index (χ3v) is 3.60. The molecule has 0 saturated heterocycles. The fraction of sp³-hybridized carbons (Fsp3) is 0.471. The lowest BCUT2D eigenvalue weighted by atomic mass is 10.2. The number of hydrogen-bond acceptors (Lipinski definition) is 5. The number of aliphatic hydroxyl groups excluding tert-OH is 1. The van der Waals surface area contributed by atoms with Crippen LogP contribution in [0.15, 0.2) is 24.3 Å². The number of methoxy groups -OCH3 is 1. The summed E-state index contributed by atoms with van der Waals surface area (Å²) >= 11 is 0. The molecule has 0 bridgehead atoms. The van der Waals surface area contributed by atoms with Gasteiger partial charge in [0.15, 0.2) is 0 Å². The highest BCUT2D eigenvalue weighted by Gasteiger charge is 2.14. The summed E-state index contributed by atoms with van der Waals surface area (Å²) in [5, 5.41) is 17.6. The van der Waals surface area contributed by atoms with Crippen LogP contribution in [0.2, 0.25) is 0 Å². The first-order valence-corrected chi connectivity index (χ1v) is 7.66. The van der Waals surface area contributed by atoms with Crippen LogP contribution in [0.4, 0.5) is 0 Å². The Morgan fingerprint density at radius 1 is 1.35 bits per heavy atom. The molecule has 23 heavy (non-hydrogen) atoms. The van der Waals surface area contributed by atoms with Crippen molar-refractivity contribution in [3.8, 4) is 11.6 Å². The monoisotopic (exact) mass is 319 g/mol. The standard InChI is InChI=1S/C17H25N3O3/c1-12-6-5-7-15(8-12)23-11-14(21)9-18-10-16-13(2)19-20(3)17(16)22-4/h5-8,14,18,21H,9-11H2,1-4H3/t14-/m1/s1. The summed E-state index contributed by atoms with van der Waals surface area (Å²) in [6, 6.07) is 7.78. The van der Waals surface area contributed by atoms with E-state index in [2.05, 4.69) is 10.4 Å². The maximum atomic E-state index is 10.0. The van der Waals surface area contributed by atoms with E-state index in [4.69, 9.17) is 9.47 Å². The number of benzene rings is 1. The highest BCUT2D eigenvalue weighted by molar-refractivity contribution is 5.30. The van der Waals surface area contributed by atoms with Crippen LogP contribution in [0.25, 0.3) is 0 Å². The number of hydrogen-bond donors (Lipinski definition) is 2. The molecule has 6 nitrogen and oxygen atoms in total. The minimum absolute atomic E-state index is 0.250. The van der Waals surface area contributed by atoms with Crippen molar-refractivity contribution in [3.05, 3.63) is 41.1 Å². The minimum atomic E-state index is -0.585. The van der Waals surface area contributed by atoms with E-state index in [0.717, 1.165) is 28.5 Å². The molecule has 6 heteroatoms. The van der Waals surface area contributed by atoms with Gasteiger partial charge in [-0.15, -0.1) is 0 Å². The first-order valence-electron chi connectivity index (χ1n) is 7.66. The highest BCUT2D eigenvalue weighted by atomic mass is 16.5. The molecule has 0 radical (unpaired) electrons. The number of nitrogens with zero attached hydrogens (tertiary/aromatic N) is 2. The summed E-state index contributed by atoms with van der Waals surface area (Å²) in [6.07, 6.45) is -0.585. The third kappa shape index (κ3) is 4.71. The van der Waals surface area contributed by atoms with Gasteiger partial charge in [-0.2, -0.15) is 5.10 Å². The second-order valence-corrected chi connectivity index (χ2v) is 5.61. The molecule has 0 spiro atoms. The van der Waals surface area contributed by atoms with Crippen molar-refractivity contribution < 1.29 is 14.6 Å². The molecule has 0 unspecified atom stereocenters.